The number of piperazine rings is 1. The molecular formula is C23H28N6O. The van der Waals surface area contributed by atoms with Gasteiger partial charge in [0.25, 0.3) is 5.91 Å². The van der Waals surface area contributed by atoms with Gasteiger partial charge in [0.2, 0.25) is 0 Å². The maximum absolute atomic E-state index is 13.4. The maximum Gasteiger partial charge on any atom is 0.272 e. The summed E-state index contributed by atoms with van der Waals surface area (Å²) in [5.74, 6) is 2.02. The second-order valence-corrected chi connectivity index (χ2v) is 8.40. The lowest BCUT2D eigenvalue weighted by Gasteiger charge is -2.33. The molecule has 0 spiro atoms. The van der Waals surface area contributed by atoms with Crippen molar-refractivity contribution in [3.8, 4) is 0 Å². The Morgan fingerprint density at radius 2 is 2.07 bits per heavy atom. The van der Waals surface area contributed by atoms with E-state index in [1.54, 1.807) is 0 Å². The number of nitrogens with one attached hydrogen (secondary N) is 3. The molecule has 30 heavy (non-hydrogen) atoms. The molecule has 7 nitrogen and oxygen atoms in total. The third-order valence-electron chi connectivity index (χ3n) is 6.26. The van der Waals surface area contributed by atoms with Gasteiger partial charge in [-0.15, -0.1) is 0 Å². The van der Waals surface area contributed by atoms with Crippen molar-refractivity contribution >= 4 is 28.3 Å². The van der Waals surface area contributed by atoms with E-state index in [1.165, 1.54) is 12.8 Å². The average molecular weight is 405 g/mol. The van der Waals surface area contributed by atoms with Crippen LogP contribution in [0.5, 0.6) is 0 Å². The summed E-state index contributed by atoms with van der Waals surface area (Å²) in [6, 6.07) is 10.5. The lowest BCUT2D eigenvalue weighted by Crippen LogP contribution is -2.52. The van der Waals surface area contributed by atoms with Crippen LogP contribution in [0.2, 0.25) is 0 Å². The number of fused-ring (bicyclic) bond motifs is 1. The van der Waals surface area contributed by atoms with Gasteiger partial charge < -0.3 is 15.5 Å². The Morgan fingerprint density at radius 3 is 2.83 bits per heavy atom. The number of H-pyrrole nitrogens is 1. The van der Waals surface area contributed by atoms with Gasteiger partial charge in [-0.1, -0.05) is 31.2 Å². The van der Waals surface area contributed by atoms with Crippen LogP contribution in [0.4, 0.5) is 11.6 Å². The van der Waals surface area contributed by atoms with Crippen molar-refractivity contribution in [2.45, 2.75) is 45.1 Å². The Balaban J connectivity index is 1.51. The second kappa shape index (κ2) is 7.72. The van der Waals surface area contributed by atoms with Crippen molar-refractivity contribution in [2.75, 3.05) is 25.0 Å². The van der Waals surface area contributed by atoms with Crippen LogP contribution in [-0.4, -0.2) is 51.7 Å². The molecule has 5 rings (SSSR count). The van der Waals surface area contributed by atoms with E-state index in [-0.39, 0.29) is 5.91 Å². The zero-order valence-corrected chi connectivity index (χ0v) is 17.5. The zero-order valence-electron chi connectivity index (χ0n) is 17.5. The first-order valence-electron chi connectivity index (χ1n) is 10.9. The number of rotatable bonds is 5. The van der Waals surface area contributed by atoms with Gasteiger partial charge in [-0.25, -0.2) is 4.98 Å². The molecular weight excluding hydrogens is 376 g/mol. The van der Waals surface area contributed by atoms with Crippen LogP contribution in [0, 0.1) is 6.92 Å². The minimum Gasteiger partial charge on any atom is -0.334 e. The number of carbonyl (C=O) groups is 1. The van der Waals surface area contributed by atoms with Crippen LogP contribution in [0.25, 0.3) is 10.8 Å². The minimum atomic E-state index is 0.00181. The summed E-state index contributed by atoms with van der Waals surface area (Å²) < 4.78 is 0. The molecule has 0 radical (unpaired) electrons. The predicted molar refractivity (Wildman–Crippen MR) is 118 cm³/mol. The molecule has 1 aromatic carbocycles. The minimum absolute atomic E-state index is 0.00181. The summed E-state index contributed by atoms with van der Waals surface area (Å²) in [6.07, 6.45) is 3.44. The van der Waals surface area contributed by atoms with E-state index in [9.17, 15) is 4.79 Å². The van der Waals surface area contributed by atoms with Crippen LogP contribution in [0.1, 0.15) is 53.8 Å². The number of benzene rings is 1. The quantitative estimate of drug-likeness (QED) is 0.604. The van der Waals surface area contributed by atoms with E-state index < -0.39 is 0 Å². The van der Waals surface area contributed by atoms with Gasteiger partial charge in [0.15, 0.2) is 5.82 Å². The molecule has 1 aliphatic heterocycles. The van der Waals surface area contributed by atoms with Gasteiger partial charge in [0, 0.05) is 48.7 Å². The van der Waals surface area contributed by atoms with Gasteiger partial charge in [-0.05, 0) is 37.1 Å². The van der Waals surface area contributed by atoms with E-state index in [0.29, 0.717) is 30.0 Å². The number of amides is 1. The summed E-state index contributed by atoms with van der Waals surface area (Å²) in [5, 5.41) is 16.4. The number of pyridine rings is 1. The topological polar surface area (TPSA) is 85.9 Å². The SMILES string of the molecule is CC[C@@H]1CN(C(=O)c2nc(Nc3cc(C4CC4)[nH]n3)c3ccccc3c2C)CCN1. The summed E-state index contributed by atoms with van der Waals surface area (Å²) in [5.41, 5.74) is 2.61. The van der Waals surface area contributed by atoms with Crippen molar-refractivity contribution < 1.29 is 4.79 Å². The first kappa shape index (κ1) is 19.1. The highest BCUT2D eigenvalue weighted by Crippen LogP contribution is 2.40. The zero-order chi connectivity index (χ0) is 20.7. The Bertz CT molecular complexity index is 1090. The largest absolute Gasteiger partial charge is 0.334 e. The van der Waals surface area contributed by atoms with Crippen LogP contribution in [0.3, 0.4) is 0 Å². The summed E-state index contributed by atoms with van der Waals surface area (Å²) >= 11 is 0. The van der Waals surface area contributed by atoms with E-state index in [0.717, 1.165) is 47.4 Å². The Kier molecular flexibility index (Phi) is 4.90. The summed E-state index contributed by atoms with van der Waals surface area (Å²) in [6.45, 7) is 6.38. The highest BCUT2D eigenvalue weighted by Gasteiger charge is 2.27. The first-order chi connectivity index (χ1) is 14.6. The summed E-state index contributed by atoms with van der Waals surface area (Å²) in [4.78, 5) is 20.2. The lowest BCUT2D eigenvalue weighted by molar-refractivity contribution is 0.0695. The van der Waals surface area contributed by atoms with Crippen molar-refractivity contribution in [3.05, 3.63) is 47.3 Å². The van der Waals surface area contributed by atoms with Crippen LogP contribution in [0.15, 0.2) is 30.3 Å². The molecule has 2 aromatic heterocycles. The molecule has 2 aliphatic rings. The van der Waals surface area contributed by atoms with E-state index in [4.69, 9.17) is 4.98 Å². The molecule has 1 amide bonds. The molecule has 3 N–H and O–H groups in total. The molecule has 3 heterocycles. The molecule has 1 saturated carbocycles. The number of carbonyl (C=O) groups excluding carboxylic acids is 1. The first-order valence-corrected chi connectivity index (χ1v) is 10.9. The van der Waals surface area contributed by atoms with Crippen molar-refractivity contribution in [3.63, 3.8) is 0 Å². The van der Waals surface area contributed by atoms with E-state index in [1.807, 2.05) is 30.0 Å². The van der Waals surface area contributed by atoms with Crippen molar-refractivity contribution in [1.29, 1.82) is 0 Å². The van der Waals surface area contributed by atoms with Gasteiger partial charge >= 0.3 is 0 Å². The Hall–Kier alpha value is -2.93. The van der Waals surface area contributed by atoms with E-state index >= 15 is 0 Å². The molecule has 156 valence electrons. The number of hydrogen-bond donors (Lipinski definition) is 3. The Labute approximate surface area is 176 Å². The van der Waals surface area contributed by atoms with Crippen molar-refractivity contribution in [2.24, 2.45) is 0 Å². The van der Waals surface area contributed by atoms with Gasteiger partial charge in [0.1, 0.15) is 11.5 Å². The molecule has 1 saturated heterocycles. The van der Waals surface area contributed by atoms with Gasteiger partial charge in [-0.3, -0.25) is 9.89 Å². The third kappa shape index (κ3) is 3.54. The fourth-order valence-corrected chi connectivity index (χ4v) is 4.26. The van der Waals surface area contributed by atoms with Gasteiger partial charge in [-0.2, -0.15) is 5.10 Å². The van der Waals surface area contributed by atoms with Gasteiger partial charge in [0.05, 0.1) is 0 Å². The molecule has 0 bridgehead atoms. The average Bonchev–Trinajstić information content (AvgIpc) is 3.54. The molecule has 3 aromatic rings. The lowest BCUT2D eigenvalue weighted by atomic mass is 10.0. The predicted octanol–water partition coefficient (Wildman–Crippen LogP) is 3.71. The van der Waals surface area contributed by atoms with Crippen LogP contribution >= 0.6 is 0 Å². The summed E-state index contributed by atoms with van der Waals surface area (Å²) in [7, 11) is 0. The van der Waals surface area contributed by atoms with Crippen LogP contribution < -0.4 is 10.6 Å². The number of aryl methyl sites for hydroxylation is 1. The maximum atomic E-state index is 13.4. The molecule has 2 fully saturated rings. The normalized spacial score (nSPS) is 19.3. The number of nitrogens with zero attached hydrogens (tertiary/aromatic N) is 3. The molecule has 7 heteroatoms. The smallest absolute Gasteiger partial charge is 0.272 e. The van der Waals surface area contributed by atoms with Crippen LogP contribution in [-0.2, 0) is 0 Å². The fourth-order valence-electron chi connectivity index (χ4n) is 4.26. The highest BCUT2D eigenvalue weighted by atomic mass is 16.2. The van der Waals surface area contributed by atoms with Crippen molar-refractivity contribution in [1.82, 2.24) is 25.4 Å². The number of hydrogen-bond acceptors (Lipinski definition) is 5. The fraction of sp³-hybridized carbons (Fsp3) is 0.435. The third-order valence-corrected chi connectivity index (χ3v) is 6.26. The molecule has 1 aliphatic carbocycles. The number of anilines is 2. The Morgan fingerprint density at radius 1 is 1.27 bits per heavy atom. The standard InChI is InChI=1S/C23H28N6O/c1-3-16-13-29(11-10-24-16)23(30)21-14(2)17-6-4-5-7-18(17)22(26-21)25-20-12-19(27-28-20)15-8-9-15/h4-7,12,15-16,24H,3,8-11,13H2,1-2H3,(H2,25,26,27,28)/t16-/m1/s1. The van der Waals surface area contributed by atoms with E-state index in [2.05, 4.69) is 39.9 Å². The molecule has 1 atom stereocenters. The number of aromatic amines is 1. The molecule has 0 unspecified atom stereocenters. The second-order valence-electron chi connectivity index (χ2n) is 8.40. The highest BCUT2D eigenvalue weighted by molar-refractivity contribution is 6.03. The monoisotopic (exact) mass is 404 g/mol. The number of aromatic nitrogens is 3.